The number of nitrogens with one attached hydrogen (secondary N) is 1. The summed E-state index contributed by atoms with van der Waals surface area (Å²) in [5, 5.41) is 5.54. The van der Waals surface area contributed by atoms with E-state index in [1.165, 1.54) is 23.1 Å². The van der Waals surface area contributed by atoms with Gasteiger partial charge in [0.15, 0.2) is 5.17 Å². The third-order valence-corrected chi connectivity index (χ3v) is 6.77. The van der Waals surface area contributed by atoms with Gasteiger partial charge in [-0.1, -0.05) is 11.8 Å². The van der Waals surface area contributed by atoms with E-state index in [1.54, 1.807) is 5.38 Å². The molecule has 0 radical (unpaired) electrons. The first kappa shape index (κ1) is 20.9. The highest BCUT2D eigenvalue weighted by molar-refractivity contribution is 8.13. The first-order chi connectivity index (χ1) is 14.4. The molecule has 0 saturated carbocycles. The Labute approximate surface area is 178 Å². The topological polar surface area (TPSA) is 125 Å². The van der Waals surface area contributed by atoms with Gasteiger partial charge in [0, 0.05) is 17.1 Å². The lowest BCUT2D eigenvalue weighted by Crippen LogP contribution is -2.49. The monoisotopic (exact) mass is 456 g/mol. The van der Waals surface area contributed by atoms with Crippen LogP contribution >= 0.6 is 23.1 Å². The van der Waals surface area contributed by atoms with Gasteiger partial charge in [-0.2, -0.15) is 8.78 Å². The van der Waals surface area contributed by atoms with E-state index >= 15 is 0 Å². The molecule has 1 fully saturated rings. The average molecular weight is 457 g/mol. The summed E-state index contributed by atoms with van der Waals surface area (Å²) in [7, 11) is 0. The molecule has 2 aliphatic heterocycles. The second kappa shape index (κ2) is 8.40. The molecule has 3 unspecified atom stereocenters. The number of amides is 1. The van der Waals surface area contributed by atoms with Crippen LogP contribution in [0.5, 0.6) is 5.88 Å². The molecule has 0 aromatic carbocycles. The van der Waals surface area contributed by atoms with Gasteiger partial charge in [-0.05, 0) is 13.3 Å². The summed E-state index contributed by atoms with van der Waals surface area (Å²) in [5.74, 6) is 0.426. The van der Waals surface area contributed by atoms with Crippen molar-refractivity contribution >= 4 is 40.0 Å². The predicted octanol–water partition coefficient (Wildman–Crippen LogP) is 2.47. The molecule has 3 atom stereocenters. The molecule has 13 heteroatoms. The van der Waals surface area contributed by atoms with E-state index in [2.05, 4.69) is 25.0 Å². The summed E-state index contributed by atoms with van der Waals surface area (Å²) in [6.07, 6.45) is 2.98. The fraction of sp³-hybridized carbons (Fsp3) is 0.471. The lowest BCUT2D eigenvalue weighted by molar-refractivity contribution is -0.0531. The number of hydrogen-bond donors (Lipinski definition) is 2. The van der Waals surface area contributed by atoms with Crippen LogP contribution in [0.25, 0.3) is 0 Å². The Morgan fingerprint density at radius 1 is 1.43 bits per heavy atom. The molecule has 0 spiro atoms. The summed E-state index contributed by atoms with van der Waals surface area (Å²) in [5.41, 5.74) is 5.27. The number of fused-ring (bicyclic) bond motifs is 1. The average Bonchev–Trinajstić information content (AvgIpc) is 3.17. The quantitative estimate of drug-likeness (QED) is 0.703. The number of anilines is 1. The maximum Gasteiger partial charge on any atom is 0.388 e. The van der Waals surface area contributed by atoms with Gasteiger partial charge in [0.2, 0.25) is 5.88 Å². The van der Waals surface area contributed by atoms with Crippen LogP contribution in [0.15, 0.2) is 22.8 Å². The van der Waals surface area contributed by atoms with Crippen LogP contribution in [0, 0.1) is 5.92 Å². The fourth-order valence-electron chi connectivity index (χ4n) is 3.38. The lowest BCUT2D eigenvalue weighted by atomic mass is 9.80. The van der Waals surface area contributed by atoms with Crippen molar-refractivity contribution in [2.45, 2.75) is 31.6 Å². The molecule has 3 N–H and O–H groups in total. The van der Waals surface area contributed by atoms with E-state index < -0.39 is 18.1 Å². The number of ether oxygens (including phenoxy) is 2. The van der Waals surface area contributed by atoms with Gasteiger partial charge < -0.3 is 20.5 Å². The van der Waals surface area contributed by atoms with Gasteiger partial charge in [0.05, 0.1) is 25.1 Å². The molecule has 160 valence electrons. The molecule has 0 bridgehead atoms. The Morgan fingerprint density at radius 3 is 3.00 bits per heavy atom. The third kappa shape index (κ3) is 4.23. The second-order valence-corrected chi connectivity index (χ2v) is 8.75. The molecule has 1 amide bonds. The van der Waals surface area contributed by atoms with Crippen LogP contribution in [0.1, 0.15) is 28.8 Å². The van der Waals surface area contributed by atoms with E-state index in [4.69, 9.17) is 15.5 Å². The largest absolute Gasteiger partial charge is 0.415 e. The normalized spacial score (nSPS) is 26.1. The van der Waals surface area contributed by atoms with Crippen molar-refractivity contribution in [1.29, 1.82) is 0 Å². The molecular formula is C17H18F2N6O3S2. The fourth-order valence-corrected chi connectivity index (χ4v) is 5.35. The van der Waals surface area contributed by atoms with E-state index in [0.717, 1.165) is 24.6 Å². The van der Waals surface area contributed by atoms with Crippen molar-refractivity contribution in [2.24, 2.45) is 16.6 Å². The first-order valence-corrected chi connectivity index (χ1v) is 10.9. The highest BCUT2D eigenvalue weighted by Crippen LogP contribution is 2.47. The first-order valence-electron chi connectivity index (χ1n) is 8.99. The number of thiazole rings is 1. The van der Waals surface area contributed by atoms with Crippen molar-refractivity contribution in [3.05, 3.63) is 28.5 Å². The maximum absolute atomic E-state index is 12.4. The Morgan fingerprint density at radius 2 is 2.27 bits per heavy atom. The number of carbonyl (C=O) groups is 1. The number of rotatable bonds is 5. The van der Waals surface area contributed by atoms with Crippen molar-refractivity contribution in [2.75, 3.05) is 17.7 Å². The van der Waals surface area contributed by atoms with Gasteiger partial charge in [0.25, 0.3) is 5.91 Å². The van der Waals surface area contributed by atoms with E-state index in [0.29, 0.717) is 22.6 Å². The van der Waals surface area contributed by atoms with E-state index in [9.17, 15) is 13.6 Å². The molecule has 1 saturated heterocycles. The molecule has 0 aliphatic carbocycles. The van der Waals surface area contributed by atoms with Gasteiger partial charge in [-0.3, -0.25) is 4.79 Å². The molecule has 4 heterocycles. The standard InChI is InChI=1S/C17H18F2N6O3S2/c1-8-2-9-5-30-16(20)25-17(9,7-27-8)14-24-11(6-29-14)23-13(26)10-3-22-12(4-21-10)28-15(18)19/h3-4,6,8-9,15H,2,5,7H2,1H3,(H2,20,25)(H,23,26). The predicted molar refractivity (Wildman–Crippen MR) is 108 cm³/mol. The Kier molecular flexibility index (Phi) is 5.84. The Hall–Kier alpha value is -2.38. The van der Waals surface area contributed by atoms with Crippen LogP contribution in [0.4, 0.5) is 14.6 Å². The number of nitrogens with two attached hydrogens (primary N) is 1. The van der Waals surface area contributed by atoms with Crippen LogP contribution in [0.3, 0.4) is 0 Å². The van der Waals surface area contributed by atoms with E-state index in [-0.39, 0.29) is 23.6 Å². The lowest BCUT2D eigenvalue weighted by Gasteiger charge is -2.44. The minimum atomic E-state index is -3.02. The van der Waals surface area contributed by atoms with Crippen LogP contribution in [0.2, 0.25) is 0 Å². The van der Waals surface area contributed by atoms with Crippen LogP contribution in [-0.4, -0.2) is 51.1 Å². The minimum Gasteiger partial charge on any atom is -0.415 e. The van der Waals surface area contributed by atoms with Crippen molar-refractivity contribution in [3.63, 3.8) is 0 Å². The Bertz CT molecular complexity index is 957. The number of carbonyl (C=O) groups excluding carboxylic acids is 1. The molecule has 2 aliphatic rings. The molecule has 9 nitrogen and oxygen atoms in total. The van der Waals surface area contributed by atoms with Crippen LogP contribution < -0.4 is 15.8 Å². The number of hydrogen-bond acceptors (Lipinski definition) is 10. The van der Waals surface area contributed by atoms with Crippen molar-refractivity contribution < 1.29 is 23.0 Å². The number of amidine groups is 1. The smallest absolute Gasteiger partial charge is 0.388 e. The zero-order valence-electron chi connectivity index (χ0n) is 15.7. The highest BCUT2D eigenvalue weighted by Gasteiger charge is 2.49. The summed E-state index contributed by atoms with van der Waals surface area (Å²) >= 11 is 2.89. The number of nitrogens with zero attached hydrogens (tertiary/aromatic N) is 4. The molecular weight excluding hydrogens is 438 g/mol. The number of alkyl halides is 2. The van der Waals surface area contributed by atoms with Crippen molar-refractivity contribution in [3.8, 4) is 5.88 Å². The van der Waals surface area contributed by atoms with Gasteiger partial charge >= 0.3 is 6.61 Å². The summed E-state index contributed by atoms with van der Waals surface area (Å²) in [6.45, 7) is -0.613. The SMILES string of the molecule is CC1CC2CSC(N)=NC2(c2nc(NC(=O)c3cnc(OC(F)F)cn3)cs2)CO1. The van der Waals surface area contributed by atoms with Gasteiger partial charge in [-0.25, -0.2) is 19.9 Å². The molecule has 2 aromatic rings. The molecule has 2 aromatic heterocycles. The third-order valence-electron chi connectivity index (χ3n) is 4.81. The van der Waals surface area contributed by atoms with Crippen molar-refractivity contribution in [1.82, 2.24) is 15.0 Å². The highest BCUT2D eigenvalue weighted by atomic mass is 32.2. The van der Waals surface area contributed by atoms with Crippen LogP contribution in [-0.2, 0) is 10.3 Å². The second-order valence-electron chi connectivity index (χ2n) is 6.85. The zero-order chi connectivity index (χ0) is 21.3. The number of aliphatic imine (C=N–C) groups is 1. The minimum absolute atomic E-state index is 0.0617. The molecule has 4 rings (SSSR count). The number of thioether (sulfide) groups is 1. The zero-order valence-corrected chi connectivity index (χ0v) is 17.4. The summed E-state index contributed by atoms with van der Waals surface area (Å²) in [6, 6.07) is 0. The number of halogens is 2. The van der Waals surface area contributed by atoms with Gasteiger partial charge in [0.1, 0.15) is 22.1 Å². The number of aromatic nitrogens is 3. The molecule has 30 heavy (non-hydrogen) atoms. The maximum atomic E-state index is 12.4. The van der Waals surface area contributed by atoms with E-state index in [1.807, 2.05) is 6.92 Å². The van der Waals surface area contributed by atoms with Gasteiger partial charge in [-0.15, -0.1) is 11.3 Å². The Balaban J connectivity index is 1.51. The summed E-state index contributed by atoms with van der Waals surface area (Å²) in [4.78, 5) is 29.1. The summed E-state index contributed by atoms with van der Waals surface area (Å²) < 4.78 is 34.4.